The predicted octanol–water partition coefficient (Wildman–Crippen LogP) is 3.44. The summed E-state index contributed by atoms with van der Waals surface area (Å²) in [5, 5.41) is 12.0. The highest BCUT2D eigenvalue weighted by Gasteiger charge is 2.06. The maximum atomic E-state index is 12.1. The number of aromatic nitrogens is 1. The third-order valence-electron chi connectivity index (χ3n) is 3.16. The minimum Gasteiger partial charge on any atom is -0.508 e. The normalized spacial score (nSPS) is 10.3. The summed E-state index contributed by atoms with van der Waals surface area (Å²) in [7, 11) is 0. The Balaban J connectivity index is 1.74. The minimum absolute atomic E-state index is 0.170. The van der Waals surface area contributed by atoms with Crippen LogP contribution in [-0.2, 0) is 0 Å². The molecule has 0 saturated heterocycles. The van der Waals surface area contributed by atoms with E-state index in [4.69, 9.17) is 0 Å². The molecule has 0 unspecified atom stereocenters. The largest absolute Gasteiger partial charge is 0.508 e. The van der Waals surface area contributed by atoms with Gasteiger partial charge in [0.25, 0.3) is 5.91 Å². The summed E-state index contributed by atoms with van der Waals surface area (Å²) >= 11 is 0. The molecule has 0 bridgehead atoms. The Morgan fingerprint density at radius 3 is 2.14 bits per heavy atom. The average molecular weight is 278 g/mol. The van der Waals surface area contributed by atoms with E-state index in [0.29, 0.717) is 11.3 Å². The molecule has 104 valence electrons. The summed E-state index contributed by atoms with van der Waals surface area (Å²) in [5.74, 6) is -0.0104. The Labute approximate surface area is 122 Å². The van der Waals surface area contributed by atoms with Crippen molar-refractivity contribution in [2.45, 2.75) is 0 Å². The van der Waals surface area contributed by atoms with Gasteiger partial charge in [0, 0.05) is 29.3 Å². The van der Waals surface area contributed by atoms with Crippen LogP contribution in [0.2, 0.25) is 0 Å². The van der Waals surface area contributed by atoms with E-state index in [2.05, 4.69) is 5.32 Å². The van der Waals surface area contributed by atoms with Gasteiger partial charge in [-0.15, -0.1) is 0 Å². The smallest absolute Gasteiger partial charge is 0.255 e. The monoisotopic (exact) mass is 278 g/mol. The summed E-state index contributed by atoms with van der Waals surface area (Å²) in [6, 6.07) is 17.6. The molecule has 0 aliphatic heterocycles. The summed E-state index contributed by atoms with van der Waals surface area (Å²) in [6.07, 6.45) is 3.90. The van der Waals surface area contributed by atoms with Crippen LogP contribution in [0.25, 0.3) is 5.69 Å². The van der Waals surface area contributed by atoms with Crippen LogP contribution in [0, 0.1) is 0 Å². The number of aromatic hydroxyl groups is 1. The van der Waals surface area contributed by atoms with Crippen LogP contribution in [0.5, 0.6) is 5.75 Å². The molecule has 2 aromatic carbocycles. The SMILES string of the molecule is O=C(Nc1ccc(O)cc1)c1ccc(-n2cccc2)cc1. The van der Waals surface area contributed by atoms with E-state index < -0.39 is 0 Å². The van der Waals surface area contributed by atoms with Gasteiger partial charge in [-0.3, -0.25) is 4.79 Å². The van der Waals surface area contributed by atoms with Gasteiger partial charge in [-0.1, -0.05) is 0 Å². The highest BCUT2D eigenvalue weighted by molar-refractivity contribution is 6.04. The van der Waals surface area contributed by atoms with Gasteiger partial charge in [-0.2, -0.15) is 0 Å². The molecular weight excluding hydrogens is 264 g/mol. The zero-order valence-corrected chi connectivity index (χ0v) is 11.2. The van der Waals surface area contributed by atoms with Gasteiger partial charge in [0.2, 0.25) is 0 Å². The summed E-state index contributed by atoms with van der Waals surface area (Å²) in [6.45, 7) is 0. The number of amides is 1. The second kappa shape index (κ2) is 5.54. The van der Waals surface area contributed by atoms with Crippen LogP contribution < -0.4 is 5.32 Å². The molecular formula is C17H14N2O2. The van der Waals surface area contributed by atoms with E-state index in [9.17, 15) is 9.90 Å². The minimum atomic E-state index is -0.181. The number of hydrogen-bond acceptors (Lipinski definition) is 2. The molecule has 4 heteroatoms. The first-order chi connectivity index (χ1) is 10.2. The van der Waals surface area contributed by atoms with E-state index in [0.717, 1.165) is 5.69 Å². The lowest BCUT2D eigenvalue weighted by molar-refractivity contribution is 0.102. The number of carbonyl (C=O) groups is 1. The summed E-state index contributed by atoms with van der Waals surface area (Å²) in [5.41, 5.74) is 2.23. The van der Waals surface area contributed by atoms with Crippen molar-refractivity contribution in [3.63, 3.8) is 0 Å². The van der Waals surface area contributed by atoms with Crippen LogP contribution >= 0.6 is 0 Å². The molecule has 0 atom stereocenters. The lowest BCUT2D eigenvalue weighted by Crippen LogP contribution is -2.11. The maximum Gasteiger partial charge on any atom is 0.255 e. The lowest BCUT2D eigenvalue weighted by atomic mass is 10.2. The molecule has 3 aromatic rings. The molecule has 1 heterocycles. The highest BCUT2D eigenvalue weighted by atomic mass is 16.3. The molecule has 4 nitrogen and oxygen atoms in total. The Morgan fingerprint density at radius 1 is 0.905 bits per heavy atom. The molecule has 1 amide bonds. The van der Waals surface area contributed by atoms with E-state index in [1.807, 2.05) is 41.2 Å². The van der Waals surface area contributed by atoms with Crippen molar-refractivity contribution in [1.82, 2.24) is 4.57 Å². The van der Waals surface area contributed by atoms with Gasteiger partial charge in [0.1, 0.15) is 5.75 Å². The molecule has 0 aliphatic carbocycles. The van der Waals surface area contributed by atoms with Gasteiger partial charge < -0.3 is 15.0 Å². The molecule has 0 spiro atoms. The van der Waals surface area contributed by atoms with Crippen molar-refractivity contribution in [1.29, 1.82) is 0 Å². The van der Waals surface area contributed by atoms with E-state index in [-0.39, 0.29) is 11.7 Å². The fourth-order valence-corrected chi connectivity index (χ4v) is 2.04. The van der Waals surface area contributed by atoms with Gasteiger partial charge in [0.15, 0.2) is 0 Å². The number of rotatable bonds is 3. The summed E-state index contributed by atoms with van der Waals surface area (Å²) in [4.78, 5) is 12.1. The van der Waals surface area contributed by atoms with Crippen molar-refractivity contribution >= 4 is 11.6 Å². The van der Waals surface area contributed by atoms with Crippen LogP contribution in [0.15, 0.2) is 73.1 Å². The first kappa shape index (κ1) is 13.0. The van der Waals surface area contributed by atoms with Gasteiger partial charge >= 0.3 is 0 Å². The predicted molar refractivity (Wildman–Crippen MR) is 81.8 cm³/mol. The molecule has 21 heavy (non-hydrogen) atoms. The number of phenolic OH excluding ortho intramolecular Hbond substituents is 1. The second-order valence-electron chi connectivity index (χ2n) is 4.64. The van der Waals surface area contributed by atoms with E-state index in [1.165, 1.54) is 12.1 Å². The lowest BCUT2D eigenvalue weighted by Gasteiger charge is -2.07. The molecule has 0 saturated carbocycles. The number of nitrogens with zero attached hydrogens (tertiary/aromatic N) is 1. The molecule has 0 radical (unpaired) electrons. The Hall–Kier alpha value is -3.01. The fraction of sp³-hybridized carbons (Fsp3) is 0. The van der Waals surface area contributed by atoms with Crippen molar-refractivity contribution in [2.75, 3.05) is 5.32 Å². The zero-order valence-electron chi connectivity index (χ0n) is 11.2. The first-order valence-corrected chi connectivity index (χ1v) is 6.56. The van der Waals surface area contributed by atoms with Gasteiger partial charge in [-0.25, -0.2) is 0 Å². The number of hydrogen-bond donors (Lipinski definition) is 2. The van der Waals surface area contributed by atoms with Crippen LogP contribution in [0.3, 0.4) is 0 Å². The summed E-state index contributed by atoms with van der Waals surface area (Å²) < 4.78 is 1.97. The topological polar surface area (TPSA) is 54.3 Å². The standard InChI is InChI=1S/C17H14N2O2/c20-16-9-5-14(6-10-16)18-17(21)13-3-7-15(8-4-13)19-11-1-2-12-19/h1-12,20H,(H,18,21). The van der Waals surface area contributed by atoms with Gasteiger partial charge in [0.05, 0.1) is 0 Å². The molecule has 2 N–H and O–H groups in total. The van der Waals surface area contributed by atoms with Crippen molar-refractivity contribution in [2.24, 2.45) is 0 Å². The Morgan fingerprint density at radius 2 is 1.52 bits per heavy atom. The maximum absolute atomic E-state index is 12.1. The van der Waals surface area contributed by atoms with Crippen LogP contribution in [0.1, 0.15) is 10.4 Å². The third kappa shape index (κ3) is 2.95. The number of nitrogens with one attached hydrogen (secondary N) is 1. The zero-order chi connectivity index (χ0) is 14.7. The van der Waals surface area contributed by atoms with Gasteiger partial charge in [-0.05, 0) is 60.7 Å². The number of carbonyl (C=O) groups excluding carboxylic acids is 1. The average Bonchev–Trinajstić information content (AvgIpc) is 3.04. The second-order valence-corrected chi connectivity index (χ2v) is 4.64. The first-order valence-electron chi connectivity index (χ1n) is 6.56. The Bertz CT molecular complexity index is 729. The number of benzene rings is 2. The molecule has 1 aromatic heterocycles. The fourth-order valence-electron chi connectivity index (χ4n) is 2.04. The highest BCUT2D eigenvalue weighted by Crippen LogP contribution is 2.16. The Kier molecular flexibility index (Phi) is 3.43. The van der Waals surface area contributed by atoms with Crippen molar-refractivity contribution in [3.05, 3.63) is 78.6 Å². The number of phenols is 1. The molecule has 3 rings (SSSR count). The molecule has 0 aliphatic rings. The quantitative estimate of drug-likeness (QED) is 0.721. The van der Waals surface area contributed by atoms with Crippen molar-refractivity contribution in [3.8, 4) is 11.4 Å². The van der Waals surface area contributed by atoms with Crippen molar-refractivity contribution < 1.29 is 9.90 Å². The van der Waals surface area contributed by atoms with Crippen LogP contribution in [0.4, 0.5) is 5.69 Å². The van der Waals surface area contributed by atoms with E-state index in [1.54, 1.807) is 24.3 Å². The molecule has 0 fully saturated rings. The van der Waals surface area contributed by atoms with Crippen LogP contribution in [-0.4, -0.2) is 15.6 Å². The third-order valence-corrected chi connectivity index (χ3v) is 3.16. The number of anilines is 1. The van der Waals surface area contributed by atoms with E-state index >= 15 is 0 Å².